The van der Waals surface area contributed by atoms with Crippen molar-refractivity contribution < 1.29 is 33.7 Å². The lowest BCUT2D eigenvalue weighted by Crippen LogP contribution is -2.33. The van der Waals surface area contributed by atoms with Gasteiger partial charge in [-0.05, 0) is 100 Å². The fourth-order valence-electron chi connectivity index (χ4n) is 4.33. The smallest absolute Gasteiger partial charge is 0.341 e. The first kappa shape index (κ1) is 29.6. The Labute approximate surface area is 242 Å². The van der Waals surface area contributed by atoms with Gasteiger partial charge >= 0.3 is 5.97 Å². The number of nitrogens with one attached hydrogen (secondary N) is 2. The number of hydrogen-bond donors (Lipinski definition) is 3. The molecule has 0 spiro atoms. The molecule has 11 heteroatoms. The van der Waals surface area contributed by atoms with Gasteiger partial charge in [0, 0.05) is 10.4 Å². The van der Waals surface area contributed by atoms with Gasteiger partial charge in [0.25, 0.3) is 11.8 Å². The number of ether oxygens (including phenoxy) is 3. The number of phenols is 1. The molecular formula is C30H33N3O7S. The fourth-order valence-corrected chi connectivity index (χ4v) is 5.61. The number of anilines is 1. The van der Waals surface area contributed by atoms with Crippen LogP contribution in [-0.2, 0) is 22.4 Å². The predicted octanol–water partition coefficient (Wildman–Crippen LogP) is 5.08. The Balaban J connectivity index is 1.34. The molecule has 2 amide bonds. The summed E-state index contributed by atoms with van der Waals surface area (Å²) in [7, 11) is 0. The summed E-state index contributed by atoms with van der Waals surface area (Å²) >= 11 is 1.43. The molecule has 1 aromatic heterocycles. The average molecular weight is 580 g/mol. The highest BCUT2D eigenvalue weighted by atomic mass is 32.1. The maximum Gasteiger partial charge on any atom is 0.341 e. The molecule has 0 bridgehead atoms. The van der Waals surface area contributed by atoms with E-state index in [1.165, 1.54) is 23.6 Å². The molecule has 4 rings (SSSR count). The monoisotopic (exact) mass is 579 g/mol. The summed E-state index contributed by atoms with van der Waals surface area (Å²) in [6.45, 7) is 5.80. The van der Waals surface area contributed by atoms with Crippen LogP contribution in [-0.4, -0.2) is 48.4 Å². The third kappa shape index (κ3) is 7.43. The van der Waals surface area contributed by atoms with Gasteiger partial charge in [-0.25, -0.2) is 10.2 Å². The third-order valence-corrected chi connectivity index (χ3v) is 7.56. The Morgan fingerprint density at radius 1 is 1.07 bits per heavy atom. The van der Waals surface area contributed by atoms with Gasteiger partial charge < -0.3 is 24.6 Å². The number of hydrogen-bond acceptors (Lipinski definition) is 9. The number of carbonyl (C=O) groups excluding carboxylic acids is 3. The highest BCUT2D eigenvalue weighted by molar-refractivity contribution is 7.17. The van der Waals surface area contributed by atoms with Crippen molar-refractivity contribution in [2.45, 2.75) is 52.6 Å². The lowest BCUT2D eigenvalue weighted by Gasteiger charge is -2.13. The zero-order valence-corrected chi connectivity index (χ0v) is 24.0. The molecule has 1 atom stereocenters. The summed E-state index contributed by atoms with van der Waals surface area (Å²) in [6.07, 6.45) is 4.30. The van der Waals surface area contributed by atoms with E-state index >= 15 is 0 Å². The van der Waals surface area contributed by atoms with Gasteiger partial charge in [-0.1, -0.05) is 0 Å². The number of benzene rings is 2. The van der Waals surface area contributed by atoms with Crippen molar-refractivity contribution in [3.63, 3.8) is 0 Å². The van der Waals surface area contributed by atoms with Crippen molar-refractivity contribution in [3.05, 3.63) is 69.6 Å². The van der Waals surface area contributed by atoms with Crippen LogP contribution in [0.3, 0.4) is 0 Å². The molecule has 0 radical (unpaired) electrons. The molecule has 1 aliphatic rings. The maximum absolute atomic E-state index is 13.0. The van der Waals surface area contributed by atoms with Gasteiger partial charge in [-0.3, -0.25) is 9.59 Å². The normalized spacial score (nSPS) is 13.2. The van der Waals surface area contributed by atoms with Crippen molar-refractivity contribution >= 4 is 40.3 Å². The van der Waals surface area contributed by atoms with Crippen LogP contribution in [0, 0.1) is 0 Å². The van der Waals surface area contributed by atoms with E-state index < -0.39 is 18.0 Å². The molecule has 0 saturated carbocycles. The van der Waals surface area contributed by atoms with Gasteiger partial charge in [0.05, 0.1) is 25.0 Å². The molecule has 1 unspecified atom stereocenters. The van der Waals surface area contributed by atoms with Gasteiger partial charge in [-0.2, -0.15) is 5.10 Å². The first-order chi connectivity index (χ1) is 19.8. The summed E-state index contributed by atoms with van der Waals surface area (Å²) in [4.78, 5) is 39.2. The number of rotatable bonds is 11. The number of amides is 2. The first-order valence-corrected chi connectivity index (χ1v) is 14.3. The Morgan fingerprint density at radius 2 is 1.83 bits per heavy atom. The first-order valence-electron chi connectivity index (χ1n) is 13.5. The molecule has 10 nitrogen and oxygen atoms in total. The van der Waals surface area contributed by atoms with Crippen LogP contribution in [0.1, 0.15) is 70.3 Å². The highest BCUT2D eigenvalue weighted by Gasteiger charge is 2.27. The molecular weight excluding hydrogens is 546 g/mol. The number of fused-ring (bicyclic) bond motifs is 1. The lowest BCUT2D eigenvalue weighted by atomic mass is 9.95. The van der Waals surface area contributed by atoms with Crippen molar-refractivity contribution in [1.82, 2.24) is 5.43 Å². The summed E-state index contributed by atoms with van der Waals surface area (Å²) in [5.74, 6) is -0.508. The van der Waals surface area contributed by atoms with Gasteiger partial charge in [0.15, 0.2) is 17.6 Å². The molecule has 1 heterocycles. The second kappa shape index (κ2) is 13.8. The molecule has 0 saturated heterocycles. The van der Waals surface area contributed by atoms with E-state index in [2.05, 4.69) is 15.8 Å². The Morgan fingerprint density at radius 3 is 2.56 bits per heavy atom. The largest absolute Gasteiger partial charge is 0.504 e. The summed E-state index contributed by atoms with van der Waals surface area (Å²) in [5.41, 5.74) is 4.87. The van der Waals surface area contributed by atoms with Crippen LogP contribution < -0.4 is 20.2 Å². The number of carbonyl (C=O) groups is 3. The minimum Gasteiger partial charge on any atom is -0.504 e. The number of aromatic hydroxyl groups is 1. The highest BCUT2D eigenvalue weighted by Crippen LogP contribution is 2.39. The van der Waals surface area contributed by atoms with Crippen molar-refractivity contribution in [2.75, 3.05) is 18.5 Å². The van der Waals surface area contributed by atoms with Crippen LogP contribution in [0.25, 0.3) is 0 Å². The summed E-state index contributed by atoms with van der Waals surface area (Å²) in [5, 5.41) is 17.1. The van der Waals surface area contributed by atoms with E-state index in [-0.39, 0.29) is 18.3 Å². The number of thiophene rings is 1. The van der Waals surface area contributed by atoms with Gasteiger partial charge in [-0.15, -0.1) is 11.3 Å². The number of hydrazone groups is 1. The van der Waals surface area contributed by atoms with E-state index in [9.17, 15) is 19.5 Å². The zero-order valence-electron chi connectivity index (χ0n) is 23.2. The third-order valence-electron chi connectivity index (χ3n) is 6.35. The van der Waals surface area contributed by atoms with Gasteiger partial charge in [0.1, 0.15) is 10.8 Å². The van der Waals surface area contributed by atoms with Crippen molar-refractivity contribution in [3.8, 4) is 17.2 Å². The number of aryl methyl sites for hydroxylation is 1. The Bertz CT molecular complexity index is 1430. The Hall–Kier alpha value is -4.38. The average Bonchev–Trinajstić information content (AvgIpc) is 3.33. The van der Waals surface area contributed by atoms with Crippen LogP contribution in [0.4, 0.5) is 5.00 Å². The van der Waals surface area contributed by atoms with E-state index in [1.807, 2.05) is 6.92 Å². The zero-order chi connectivity index (χ0) is 29.4. The van der Waals surface area contributed by atoms with Crippen LogP contribution in [0.15, 0.2) is 47.6 Å². The number of esters is 1. The van der Waals surface area contributed by atoms with E-state index in [0.29, 0.717) is 39.8 Å². The topological polar surface area (TPSA) is 136 Å². The van der Waals surface area contributed by atoms with Crippen LogP contribution in [0.5, 0.6) is 17.2 Å². The Kier molecular flexibility index (Phi) is 9.96. The second-order valence-electron chi connectivity index (χ2n) is 9.27. The molecule has 41 heavy (non-hydrogen) atoms. The standard InChI is InChI=1S/C30H33N3O7S/c1-4-38-24-16-19(10-15-23(24)34)17-31-33-27(35)18(3)40-21-13-11-20(12-14-21)28(36)32-29-26(30(37)39-5-2)22-8-6-7-9-25(22)41-29/h10-18,34H,4-9H2,1-3H3,(H,32,36)(H,33,35)/b31-17+. The van der Waals surface area contributed by atoms with Crippen LogP contribution >= 0.6 is 11.3 Å². The SMILES string of the molecule is CCOC(=O)c1c(NC(=O)c2ccc(OC(C)C(=O)N/N=C/c3ccc(O)c(OCC)c3)cc2)sc2c1CCCC2. The molecule has 0 fully saturated rings. The molecule has 1 aliphatic carbocycles. The molecule has 3 aromatic rings. The minimum atomic E-state index is -0.866. The molecule has 0 aliphatic heterocycles. The second-order valence-corrected chi connectivity index (χ2v) is 10.4. The van der Waals surface area contributed by atoms with Gasteiger partial charge in [0.2, 0.25) is 0 Å². The van der Waals surface area contributed by atoms with E-state index in [4.69, 9.17) is 14.2 Å². The number of nitrogens with zero attached hydrogens (tertiary/aromatic N) is 1. The van der Waals surface area contributed by atoms with Crippen molar-refractivity contribution in [2.24, 2.45) is 5.10 Å². The van der Waals surface area contributed by atoms with Crippen molar-refractivity contribution in [1.29, 1.82) is 0 Å². The summed E-state index contributed by atoms with van der Waals surface area (Å²) in [6, 6.07) is 11.1. The lowest BCUT2D eigenvalue weighted by molar-refractivity contribution is -0.127. The quantitative estimate of drug-likeness (QED) is 0.164. The molecule has 3 N–H and O–H groups in total. The van der Waals surface area contributed by atoms with E-state index in [0.717, 1.165) is 36.1 Å². The molecule has 216 valence electrons. The molecule has 2 aromatic carbocycles. The fraction of sp³-hybridized carbons (Fsp3) is 0.333. The maximum atomic E-state index is 13.0. The summed E-state index contributed by atoms with van der Waals surface area (Å²) < 4.78 is 16.3. The van der Waals surface area contributed by atoms with Crippen LogP contribution in [0.2, 0.25) is 0 Å². The number of phenolic OH excluding ortho intramolecular Hbond substituents is 1. The minimum absolute atomic E-state index is 0.0187. The van der Waals surface area contributed by atoms with E-state index in [1.54, 1.807) is 50.2 Å². The predicted molar refractivity (Wildman–Crippen MR) is 156 cm³/mol.